The molecule has 0 radical (unpaired) electrons. The van der Waals surface area contributed by atoms with E-state index in [2.05, 4.69) is 0 Å². The lowest BCUT2D eigenvalue weighted by Gasteiger charge is -2.37. The minimum atomic E-state index is -0.437. The molecular formula is C8H14Cl6N4. The van der Waals surface area contributed by atoms with Gasteiger partial charge in [-0.3, -0.25) is 0 Å². The fourth-order valence-corrected chi connectivity index (χ4v) is 3.38. The van der Waals surface area contributed by atoms with Crippen LogP contribution < -0.4 is 22.9 Å². The minimum Gasteiger partial charge on any atom is -0.383 e. The summed E-state index contributed by atoms with van der Waals surface area (Å²) in [5.41, 5.74) is 19.4. The number of nitrogens with two attached hydrogens (primary N) is 4. The second kappa shape index (κ2) is 8.08. The van der Waals surface area contributed by atoms with E-state index in [1.165, 1.54) is 0 Å². The number of hydrogen-bond donors (Lipinski definition) is 4. The first-order valence-corrected chi connectivity index (χ1v) is 7.33. The van der Waals surface area contributed by atoms with E-state index < -0.39 is 32.3 Å². The van der Waals surface area contributed by atoms with E-state index in [0.717, 1.165) is 0 Å². The molecule has 4 nitrogen and oxygen atoms in total. The molecule has 18 heavy (non-hydrogen) atoms. The number of halogens is 6. The van der Waals surface area contributed by atoms with Gasteiger partial charge in [-0.15, -0.1) is 69.6 Å². The first kappa shape index (κ1) is 18.7. The van der Waals surface area contributed by atoms with Crippen molar-refractivity contribution < 1.29 is 0 Å². The molecule has 0 aromatic heterocycles. The zero-order valence-electron chi connectivity index (χ0n) is 9.04. The van der Waals surface area contributed by atoms with E-state index in [1.807, 2.05) is 0 Å². The summed E-state index contributed by atoms with van der Waals surface area (Å²) in [6.45, 7) is 0. The van der Waals surface area contributed by atoms with Gasteiger partial charge >= 0.3 is 0 Å². The molecule has 8 N–H and O–H groups in total. The van der Waals surface area contributed by atoms with Gasteiger partial charge in [0, 0.05) is 0 Å². The van der Waals surface area contributed by atoms with Crippen molar-refractivity contribution in [3.8, 4) is 0 Å². The van der Waals surface area contributed by atoms with Crippen molar-refractivity contribution in [2.75, 3.05) is 0 Å². The van der Waals surface area contributed by atoms with Gasteiger partial charge in [0.1, 0.15) is 11.6 Å². The molecule has 0 bridgehead atoms. The Balaban J connectivity index is 0.000000411. The molecule has 1 saturated carbocycles. The van der Waals surface area contributed by atoms with E-state index >= 15 is 0 Å². The highest BCUT2D eigenvalue weighted by atomic mass is 35.5. The molecule has 10 heteroatoms. The van der Waals surface area contributed by atoms with Crippen LogP contribution in [-0.2, 0) is 0 Å². The standard InChI is InChI=1S/C6H6Cl6.C2H8N4/c7-1-2(8)4(10)6(12)5(11)3(1)9;3-1(4)2(5)6/h1-6H;3-6H2/t1-,2-,3-,4+,5+,6+;. The molecule has 0 aromatic carbocycles. The molecule has 0 aromatic rings. The van der Waals surface area contributed by atoms with Gasteiger partial charge in [0.25, 0.3) is 0 Å². The second-order valence-electron chi connectivity index (χ2n) is 3.58. The smallest absolute Gasteiger partial charge is 0.134 e. The highest BCUT2D eigenvalue weighted by Crippen LogP contribution is 2.39. The predicted octanol–water partition coefficient (Wildman–Crippen LogP) is 1.59. The van der Waals surface area contributed by atoms with E-state index in [1.54, 1.807) is 0 Å². The van der Waals surface area contributed by atoms with Crippen molar-refractivity contribution in [3.05, 3.63) is 11.6 Å². The van der Waals surface area contributed by atoms with Crippen LogP contribution in [0.15, 0.2) is 11.6 Å². The third kappa shape index (κ3) is 4.99. The van der Waals surface area contributed by atoms with E-state index in [9.17, 15) is 0 Å². The van der Waals surface area contributed by atoms with Gasteiger partial charge in [0.15, 0.2) is 0 Å². The lowest BCUT2D eigenvalue weighted by Crippen LogP contribution is -2.52. The van der Waals surface area contributed by atoms with Crippen molar-refractivity contribution >= 4 is 69.6 Å². The zero-order chi connectivity index (χ0) is 14.6. The Labute approximate surface area is 136 Å². The summed E-state index contributed by atoms with van der Waals surface area (Å²) in [6.07, 6.45) is 0. The van der Waals surface area contributed by atoms with Crippen molar-refractivity contribution in [3.63, 3.8) is 0 Å². The molecule has 1 aliphatic carbocycles. The Morgan fingerprint density at radius 1 is 0.444 bits per heavy atom. The fraction of sp³-hybridized carbons (Fsp3) is 0.750. The summed E-state index contributed by atoms with van der Waals surface area (Å²) in [4.78, 5) is 0. The molecule has 1 rings (SSSR count). The highest BCUT2D eigenvalue weighted by molar-refractivity contribution is 6.45. The van der Waals surface area contributed by atoms with Crippen LogP contribution in [0.5, 0.6) is 0 Å². The molecule has 0 heterocycles. The molecule has 0 atom stereocenters. The summed E-state index contributed by atoms with van der Waals surface area (Å²) >= 11 is 35.3. The Morgan fingerprint density at radius 3 is 0.611 bits per heavy atom. The number of hydrogen-bond acceptors (Lipinski definition) is 4. The summed E-state index contributed by atoms with van der Waals surface area (Å²) in [5.74, 6) is -0.0370. The number of rotatable bonds is 0. The van der Waals surface area contributed by atoms with Gasteiger partial charge in [0.05, 0.1) is 32.3 Å². The van der Waals surface area contributed by atoms with Gasteiger partial charge in [0.2, 0.25) is 0 Å². The van der Waals surface area contributed by atoms with E-state index in [-0.39, 0.29) is 11.6 Å². The quantitative estimate of drug-likeness (QED) is 0.480. The molecule has 0 unspecified atom stereocenters. The lowest BCUT2D eigenvalue weighted by atomic mass is 9.97. The molecule has 0 aliphatic heterocycles. The molecule has 0 spiro atoms. The molecule has 1 fully saturated rings. The molecule has 108 valence electrons. The van der Waals surface area contributed by atoms with Crippen LogP contribution in [0.3, 0.4) is 0 Å². The van der Waals surface area contributed by atoms with Crippen LogP contribution in [0.2, 0.25) is 0 Å². The monoisotopic (exact) mass is 376 g/mol. The maximum Gasteiger partial charge on any atom is 0.134 e. The maximum atomic E-state index is 5.88. The SMILES string of the molecule is Cl[C@H]1[C@H](Cl)[C@@H](Cl)[C@@H](Cl)[C@H](Cl)[C@H]1Cl.NC(N)=C(N)N. The second-order valence-corrected chi connectivity index (χ2v) is 6.60. The van der Waals surface area contributed by atoms with E-state index in [4.69, 9.17) is 92.5 Å². The maximum absolute atomic E-state index is 5.88. The minimum absolute atomic E-state index is 0.0185. The Morgan fingerprint density at radius 2 is 0.556 bits per heavy atom. The summed E-state index contributed by atoms with van der Waals surface area (Å²) in [6, 6.07) is 0. The average Bonchev–Trinajstić information content (AvgIpc) is 2.32. The van der Waals surface area contributed by atoms with Gasteiger partial charge < -0.3 is 22.9 Å². The van der Waals surface area contributed by atoms with Crippen LogP contribution in [0.25, 0.3) is 0 Å². The van der Waals surface area contributed by atoms with Crippen molar-refractivity contribution in [2.45, 2.75) is 32.3 Å². The normalized spacial score (nSPS) is 39.4. The third-order valence-electron chi connectivity index (χ3n) is 2.16. The largest absolute Gasteiger partial charge is 0.383 e. The van der Waals surface area contributed by atoms with Crippen LogP contribution in [0.1, 0.15) is 0 Å². The lowest BCUT2D eigenvalue weighted by molar-refractivity contribution is 0.544. The van der Waals surface area contributed by atoms with Gasteiger partial charge in [-0.05, 0) is 0 Å². The van der Waals surface area contributed by atoms with Gasteiger partial charge in [-0.1, -0.05) is 0 Å². The summed E-state index contributed by atoms with van der Waals surface area (Å²) in [7, 11) is 0. The van der Waals surface area contributed by atoms with E-state index in [0.29, 0.717) is 0 Å². The van der Waals surface area contributed by atoms with Crippen molar-refractivity contribution in [1.82, 2.24) is 0 Å². The Bertz CT molecular complexity index is 225. The number of alkyl halides is 6. The first-order valence-electron chi connectivity index (χ1n) is 4.71. The van der Waals surface area contributed by atoms with Gasteiger partial charge in [-0.25, -0.2) is 0 Å². The van der Waals surface area contributed by atoms with Crippen LogP contribution in [-0.4, -0.2) is 32.3 Å². The van der Waals surface area contributed by atoms with Crippen molar-refractivity contribution in [2.24, 2.45) is 22.9 Å². The van der Waals surface area contributed by atoms with Crippen LogP contribution in [0, 0.1) is 0 Å². The summed E-state index contributed by atoms with van der Waals surface area (Å²) in [5, 5.41) is -2.62. The summed E-state index contributed by atoms with van der Waals surface area (Å²) < 4.78 is 0. The van der Waals surface area contributed by atoms with Crippen molar-refractivity contribution in [1.29, 1.82) is 0 Å². The van der Waals surface area contributed by atoms with Crippen LogP contribution in [0.4, 0.5) is 0 Å². The topological polar surface area (TPSA) is 104 Å². The highest BCUT2D eigenvalue weighted by Gasteiger charge is 2.46. The zero-order valence-corrected chi connectivity index (χ0v) is 13.6. The first-order chi connectivity index (χ1) is 8.11. The molecule has 0 saturated heterocycles. The third-order valence-corrected chi connectivity index (χ3v) is 6.19. The Hall–Kier alpha value is 0.680. The van der Waals surface area contributed by atoms with Gasteiger partial charge in [-0.2, -0.15) is 0 Å². The fourth-order valence-electron chi connectivity index (χ4n) is 1.05. The predicted molar refractivity (Wildman–Crippen MR) is 81.6 cm³/mol. The Kier molecular flexibility index (Phi) is 8.38. The molecule has 0 amide bonds. The molecule has 1 aliphatic rings. The average molecular weight is 379 g/mol. The van der Waals surface area contributed by atoms with Crippen LogP contribution >= 0.6 is 69.6 Å². The molecular weight excluding hydrogens is 365 g/mol.